The summed E-state index contributed by atoms with van der Waals surface area (Å²) >= 11 is 0. The molecule has 24 heavy (non-hydrogen) atoms. The van der Waals surface area contributed by atoms with Crippen LogP contribution in [-0.2, 0) is 14.8 Å². The fourth-order valence-electron chi connectivity index (χ4n) is 2.32. The lowest BCUT2D eigenvalue weighted by Gasteiger charge is -2.16. The highest BCUT2D eigenvalue weighted by atomic mass is 32.2. The van der Waals surface area contributed by atoms with E-state index < -0.39 is 22.0 Å². The highest BCUT2D eigenvalue weighted by Crippen LogP contribution is 2.20. The molecule has 2 aromatic rings. The molecule has 0 amide bonds. The fraction of sp³-hybridized carbons (Fsp3) is 0.278. The zero-order valence-electron chi connectivity index (χ0n) is 14.2. The molecular weight excluding hydrogens is 326 g/mol. The molecule has 0 aromatic heterocycles. The van der Waals surface area contributed by atoms with Crippen LogP contribution in [0.25, 0.3) is 0 Å². The zero-order valence-corrected chi connectivity index (χ0v) is 15.0. The van der Waals surface area contributed by atoms with Crippen LogP contribution < -0.4 is 4.72 Å². The van der Waals surface area contributed by atoms with E-state index in [0.717, 1.165) is 11.1 Å². The van der Waals surface area contributed by atoms with Crippen molar-refractivity contribution in [2.24, 2.45) is 0 Å². The van der Waals surface area contributed by atoms with E-state index in [2.05, 4.69) is 4.72 Å². The number of methoxy groups -OCH3 is 1. The molecule has 2 rings (SSSR count). The largest absolute Gasteiger partial charge is 0.465 e. The van der Waals surface area contributed by atoms with Crippen molar-refractivity contribution in [2.75, 3.05) is 7.11 Å². The molecule has 0 fully saturated rings. The third-order valence-electron chi connectivity index (χ3n) is 3.83. The number of rotatable bonds is 5. The Kier molecular flexibility index (Phi) is 5.41. The monoisotopic (exact) mass is 347 g/mol. The van der Waals surface area contributed by atoms with Gasteiger partial charge in [-0.05, 0) is 44.0 Å². The van der Waals surface area contributed by atoms with Crippen LogP contribution in [-0.4, -0.2) is 21.5 Å². The Morgan fingerprint density at radius 3 is 2.29 bits per heavy atom. The minimum absolute atomic E-state index is 0.0347. The number of carbonyl (C=O) groups excluding carboxylic acids is 1. The predicted octanol–water partition coefficient (Wildman–Crippen LogP) is 3.13. The molecule has 0 aliphatic carbocycles. The van der Waals surface area contributed by atoms with Crippen molar-refractivity contribution in [1.29, 1.82) is 0 Å². The number of sulfonamides is 1. The zero-order chi connectivity index (χ0) is 17.9. The quantitative estimate of drug-likeness (QED) is 0.844. The second-order valence-electron chi connectivity index (χ2n) is 5.72. The van der Waals surface area contributed by atoms with Crippen molar-refractivity contribution in [3.8, 4) is 0 Å². The van der Waals surface area contributed by atoms with Gasteiger partial charge in [0.1, 0.15) is 0 Å². The molecule has 0 heterocycles. The first kappa shape index (κ1) is 18.2. The summed E-state index contributed by atoms with van der Waals surface area (Å²) in [6.07, 6.45) is 0. The number of benzene rings is 2. The topological polar surface area (TPSA) is 72.5 Å². The maximum Gasteiger partial charge on any atom is 0.338 e. The summed E-state index contributed by atoms with van der Waals surface area (Å²) in [6.45, 7) is 5.47. The molecule has 0 spiro atoms. The van der Waals surface area contributed by atoms with Gasteiger partial charge in [-0.25, -0.2) is 17.9 Å². The van der Waals surface area contributed by atoms with Crippen molar-refractivity contribution in [1.82, 2.24) is 4.72 Å². The van der Waals surface area contributed by atoms with E-state index in [1.54, 1.807) is 19.9 Å². The number of esters is 1. The minimum atomic E-state index is -3.76. The maximum absolute atomic E-state index is 12.6. The van der Waals surface area contributed by atoms with E-state index in [9.17, 15) is 13.2 Å². The molecule has 0 saturated heterocycles. The van der Waals surface area contributed by atoms with E-state index in [0.29, 0.717) is 5.56 Å². The van der Waals surface area contributed by atoms with Gasteiger partial charge in [-0.2, -0.15) is 0 Å². The van der Waals surface area contributed by atoms with Crippen LogP contribution in [0.5, 0.6) is 0 Å². The lowest BCUT2D eigenvalue weighted by molar-refractivity contribution is 0.0599. The van der Waals surface area contributed by atoms with Crippen LogP contribution in [0.3, 0.4) is 0 Å². The Hall–Kier alpha value is -2.18. The molecule has 0 aliphatic heterocycles. The SMILES string of the molecule is COC(=O)c1cc(S(=O)(=O)N[C@H](C)c2ccc(C)cc2)ccc1C. The van der Waals surface area contributed by atoms with Crippen LogP contribution >= 0.6 is 0 Å². The first-order valence-corrected chi connectivity index (χ1v) is 9.01. The lowest BCUT2D eigenvalue weighted by atomic mass is 10.1. The maximum atomic E-state index is 12.6. The summed E-state index contributed by atoms with van der Waals surface area (Å²) in [5, 5.41) is 0. The Bertz CT molecular complexity index is 842. The molecule has 6 heteroatoms. The van der Waals surface area contributed by atoms with Gasteiger partial charge in [0.15, 0.2) is 0 Å². The van der Waals surface area contributed by atoms with Gasteiger partial charge in [0.2, 0.25) is 10.0 Å². The molecular formula is C18H21NO4S. The van der Waals surface area contributed by atoms with Gasteiger partial charge in [0, 0.05) is 6.04 Å². The molecule has 0 bridgehead atoms. The molecule has 0 aliphatic rings. The number of nitrogens with one attached hydrogen (secondary N) is 1. The summed E-state index contributed by atoms with van der Waals surface area (Å²) in [4.78, 5) is 11.8. The van der Waals surface area contributed by atoms with Crippen molar-refractivity contribution in [3.05, 3.63) is 64.7 Å². The Balaban J connectivity index is 2.30. The molecule has 2 aromatic carbocycles. The van der Waals surface area contributed by atoms with Gasteiger partial charge in [-0.3, -0.25) is 0 Å². The van der Waals surface area contributed by atoms with E-state index in [1.807, 2.05) is 31.2 Å². The highest BCUT2D eigenvalue weighted by Gasteiger charge is 2.21. The van der Waals surface area contributed by atoms with Gasteiger partial charge in [0.25, 0.3) is 0 Å². The predicted molar refractivity (Wildman–Crippen MR) is 92.4 cm³/mol. The summed E-state index contributed by atoms with van der Waals surface area (Å²) < 4.78 is 32.5. The van der Waals surface area contributed by atoms with Crippen LogP contribution in [0.4, 0.5) is 0 Å². The molecule has 1 N–H and O–H groups in total. The van der Waals surface area contributed by atoms with Crippen LogP contribution in [0.15, 0.2) is 47.4 Å². The lowest BCUT2D eigenvalue weighted by Crippen LogP contribution is -2.27. The Morgan fingerprint density at radius 1 is 1.08 bits per heavy atom. The Labute approximate surface area is 142 Å². The Morgan fingerprint density at radius 2 is 1.71 bits per heavy atom. The van der Waals surface area contributed by atoms with Gasteiger partial charge in [0.05, 0.1) is 17.6 Å². The van der Waals surface area contributed by atoms with E-state index in [4.69, 9.17) is 4.74 Å². The smallest absolute Gasteiger partial charge is 0.338 e. The van der Waals surface area contributed by atoms with Gasteiger partial charge < -0.3 is 4.74 Å². The number of hydrogen-bond donors (Lipinski definition) is 1. The average Bonchev–Trinajstić information content (AvgIpc) is 2.54. The summed E-state index contributed by atoms with van der Waals surface area (Å²) in [7, 11) is -2.49. The summed E-state index contributed by atoms with van der Waals surface area (Å²) in [5.74, 6) is -0.559. The van der Waals surface area contributed by atoms with Crippen LogP contribution in [0.1, 0.15) is 40.0 Å². The van der Waals surface area contributed by atoms with Crippen molar-refractivity contribution in [2.45, 2.75) is 31.7 Å². The van der Waals surface area contributed by atoms with Crippen LogP contribution in [0, 0.1) is 13.8 Å². The van der Waals surface area contributed by atoms with Gasteiger partial charge in [-0.15, -0.1) is 0 Å². The summed E-state index contributed by atoms with van der Waals surface area (Å²) in [5.41, 5.74) is 2.87. The molecule has 5 nitrogen and oxygen atoms in total. The van der Waals surface area contributed by atoms with Crippen LogP contribution in [0.2, 0.25) is 0 Å². The first-order chi connectivity index (χ1) is 11.2. The highest BCUT2D eigenvalue weighted by molar-refractivity contribution is 7.89. The van der Waals surface area contributed by atoms with Crippen molar-refractivity contribution in [3.63, 3.8) is 0 Å². The van der Waals surface area contributed by atoms with E-state index in [1.165, 1.54) is 19.2 Å². The third kappa shape index (κ3) is 4.01. The van der Waals surface area contributed by atoms with E-state index in [-0.39, 0.29) is 10.5 Å². The second kappa shape index (κ2) is 7.15. The average molecular weight is 347 g/mol. The standard InChI is InChI=1S/C18H21NO4S/c1-12-5-8-15(9-6-12)14(3)19-24(21,22)16-10-7-13(2)17(11-16)18(20)23-4/h5-11,14,19H,1-4H3/t14-/m1/s1. The molecule has 0 saturated carbocycles. The first-order valence-electron chi connectivity index (χ1n) is 7.52. The van der Waals surface area contributed by atoms with Gasteiger partial charge in [-0.1, -0.05) is 35.9 Å². The minimum Gasteiger partial charge on any atom is -0.465 e. The normalized spacial score (nSPS) is 12.7. The molecule has 0 radical (unpaired) electrons. The third-order valence-corrected chi connectivity index (χ3v) is 5.37. The number of carbonyl (C=O) groups is 1. The second-order valence-corrected chi connectivity index (χ2v) is 7.44. The fourth-order valence-corrected chi connectivity index (χ4v) is 3.58. The number of aryl methyl sites for hydroxylation is 2. The van der Waals surface area contributed by atoms with E-state index >= 15 is 0 Å². The molecule has 128 valence electrons. The number of hydrogen-bond acceptors (Lipinski definition) is 4. The molecule has 1 atom stereocenters. The molecule has 0 unspecified atom stereocenters. The van der Waals surface area contributed by atoms with Crippen molar-refractivity contribution < 1.29 is 17.9 Å². The summed E-state index contributed by atoms with van der Waals surface area (Å²) in [6, 6.07) is 11.7. The van der Waals surface area contributed by atoms with Gasteiger partial charge >= 0.3 is 5.97 Å². The van der Waals surface area contributed by atoms with Crippen molar-refractivity contribution >= 4 is 16.0 Å². The number of ether oxygens (including phenoxy) is 1.